The highest BCUT2D eigenvalue weighted by Crippen LogP contribution is 2.17. The average molecular weight is 291 g/mol. The Hall–Kier alpha value is -1.95. The van der Waals surface area contributed by atoms with E-state index in [9.17, 15) is 9.59 Å². The van der Waals surface area contributed by atoms with Gasteiger partial charge in [-0.1, -0.05) is 6.07 Å². The highest BCUT2D eigenvalue weighted by Gasteiger charge is 2.35. The maximum absolute atomic E-state index is 12.0. The van der Waals surface area contributed by atoms with Crippen molar-refractivity contribution >= 4 is 11.9 Å². The van der Waals surface area contributed by atoms with Gasteiger partial charge in [-0.15, -0.1) is 0 Å². The number of amides is 1. The first-order chi connectivity index (χ1) is 10.1. The van der Waals surface area contributed by atoms with Crippen molar-refractivity contribution in [3.63, 3.8) is 0 Å². The van der Waals surface area contributed by atoms with E-state index in [0.29, 0.717) is 25.8 Å². The Kier molecular flexibility index (Phi) is 5.27. The fourth-order valence-corrected chi connectivity index (χ4v) is 2.62. The molecule has 0 unspecified atom stereocenters. The van der Waals surface area contributed by atoms with Gasteiger partial charge in [0.2, 0.25) is 5.91 Å². The Morgan fingerprint density at radius 3 is 3.00 bits per heavy atom. The van der Waals surface area contributed by atoms with Gasteiger partial charge in [0, 0.05) is 31.4 Å². The number of likely N-dealkylation sites (tertiary alicyclic amines) is 1. The molecule has 0 radical (unpaired) electrons. The first kappa shape index (κ1) is 15.4. The van der Waals surface area contributed by atoms with Gasteiger partial charge >= 0.3 is 5.97 Å². The van der Waals surface area contributed by atoms with Crippen molar-refractivity contribution in [2.75, 3.05) is 20.7 Å². The number of methoxy groups -OCH3 is 1. The highest BCUT2D eigenvalue weighted by molar-refractivity contribution is 5.78. The van der Waals surface area contributed by atoms with Gasteiger partial charge in [-0.3, -0.25) is 19.5 Å². The zero-order chi connectivity index (χ0) is 15.2. The molecule has 0 bridgehead atoms. The van der Waals surface area contributed by atoms with Crippen molar-refractivity contribution in [2.24, 2.45) is 0 Å². The summed E-state index contributed by atoms with van der Waals surface area (Å²) in [5.74, 6) is -0.243. The van der Waals surface area contributed by atoms with Crippen LogP contribution in [0.5, 0.6) is 0 Å². The van der Waals surface area contributed by atoms with Crippen LogP contribution in [0.4, 0.5) is 0 Å². The number of carbonyl (C=O) groups is 2. The summed E-state index contributed by atoms with van der Waals surface area (Å²) in [6.07, 6.45) is 5.17. The largest absolute Gasteiger partial charge is 0.468 e. The number of ether oxygens (including phenoxy) is 1. The molecule has 1 saturated heterocycles. The second-order valence-electron chi connectivity index (χ2n) is 5.34. The maximum Gasteiger partial charge on any atom is 0.323 e. The molecule has 1 amide bonds. The molecule has 1 aliphatic heterocycles. The van der Waals surface area contributed by atoms with Crippen molar-refractivity contribution in [3.05, 3.63) is 30.1 Å². The average Bonchev–Trinajstić information content (AvgIpc) is 2.86. The number of pyridine rings is 1. The van der Waals surface area contributed by atoms with Crippen LogP contribution in [0.3, 0.4) is 0 Å². The monoisotopic (exact) mass is 291 g/mol. The number of aryl methyl sites for hydroxylation is 1. The van der Waals surface area contributed by atoms with E-state index < -0.39 is 0 Å². The van der Waals surface area contributed by atoms with E-state index >= 15 is 0 Å². The van der Waals surface area contributed by atoms with Crippen LogP contribution in [0.15, 0.2) is 24.5 Å². The van der Waals surface area contributed by atoms with E-state index in [1.807, 2.05) is 24.1 Å². The molecule has 1 aromatic rings. The topological polar surface area (TPSA) is 71.5 Å². The minimum atomic E-state index is -0.265. The van der Waals surface area contributed by atoms with Crippen molar-refractivity contribution in [1.29, 1.82) is 0 Å². The Balaban J connectivity index is 1.77. The van der Waals surface area contributed by atoms with Gasteiger partial charge < -0.3 is 10.1 Å². The molecule has 0 aliphatic carbocycles. The lowest BCUT2D eigenvalue weighted by Crippen LogP contribution is -2.36. The lowest BCUT2D eigenvalue weighted by atomic mass is 10.1. The number of rotatable bonds is 5. The Morgan fingerprint density at radius 2 is 2.33 bits per heavy atom. The summed E-state index contributed by atoms with van der Waals surface area (Å²) in [4.78, 5) is 29.5. The van der Waals surface area contributed by atoms with Crippen molar-refractivity contribution < 1.29 is 14.3 Å². The maximum atomic E-state index is 12.0. The van der Waals surface area contributed by atoms with Gasteiger partial charge in [0.05, 0.1) is 7.11 Å². The Morgan fingerprint density at radius 1 is 1.52 bits per heavy atom. The Labute approximate surface area is 124 Å². The zero-order valence-electron chi connectivity index (χ0n) is 12.4. The first-order valence-electron chi connectivity index (χ1n) is 7.06. The summed E-state index contributed by atoms with van der Waals surface area (Å²) >= 11 is 0. The number of nitrogens with zero attached hydrogens (tertiary/aromatic N) is 2. The first-order valence-corrected chi connectivity index (χ1v) is 7.06. The minimum Gasteiger partial charge on any atom is -0.468 e. The lowest BCUT2D eigenvalue weighted by Gasteiger charge is -2.15. The molecular formula is C15H21N3O3. The molecule has 1 aromatic heterocycles. The van der Waals surface area contributed by atoms with Crippen molar-refractivity contribution in [1.82, 2.24) is 15.2 Å². The quantitative estimate of drug-likeness (QED) is 0.794. The van der Waals surface area contributed by atoms with Crippen LogP contribution in [0.25, 0.3) is 0 Å². The van der Waals surface area contributed by atoms with E-state index in [-0.39, 0.29) is 24.0 Å². The second-order valence-corrected chi connectivity index (χ2v) is 5.34. The summed E-state index contributed by atoms with van der Waals surface area (Å²) < 4.78 is 4.76. The number of carbonyl (C=O) groups excluding carboxylic acids is 2. The third-order valence-corrected chi connectivity index (χ3v) is 3.75. The molecule has 1 fully saturated rings. The van der Waals surface area contributed by atoms with E-state index in [0.717, 1.165) is 5.56 Å². The molecule has 2 rings (SSSR count). The van der Waals surface area contributed by atoms with Gasteiger partial charge in [-0.05, 0) is 31.5 Å². The van der Waals surface area contributed by atoms with Gasteiger partial charge in [-0.2, -0.15) is 0 Å². The summed E-state index contributed by atoms with van der Waals surface area (Å²) in [7, 11) is 3.25. The fourth-order valence-electron chi connectivity index (χ4n) is 2.62. The number of hydrogen-bond acceptors (Lipinski definition) is 5. The highest BCUT2D eigenvalue weighted by atomic mass is 16.5. The molecule has 2 heterocycles. The summed E-state index contributed by atoms with van der Waals surface area (Å²) in [5.41, 5.74) is 1.05. The molecule has 1 aliphatic rings. The van der Waals surface area contributed by atoms with Crippen molar-refractivity contribution in [3.8, 4) is 0 Å². The molecule has 2 atom stereocenters. The summed E-state index contributed by atoms with van der Waals surface area (Å²) in [5, 5.41) is 2.98. The molecule has 0 aromatic carbocycles. The number of nitrogens with one attached hydrogen (secondary N) is 1. The smallest absolute Gasteiger partial charge is 0.323 e. The van der Waals surface area contributed by atoms with E-state index in [1.165, 1.54) is 7.11 Å². The minimum absolute atomic E-state index is 0.000461. The van der Waals surface area contributed by atoms with E-state index in [4.69, 9.17) is 4.74 Å². The molecule has 1 N–H and O–H groups in total. The zero-order valence-corrected chi connectivity index (χ0v) is 12.4. The number of aromatic nitrogens is 1. The predicted octanol–water partition coefficient (Wildman–Crippen LogP) is 0.376. The van der Waals surface area contributed by atoms with Gasteiger partial charge in [0.25, 0.3) is 0 Å². The van der Waals surface area contributed by atoms with E-state index in [1.54, 1.807) is 12.4 Å². The Bertz CT molecular complexity index is 492. The predicted molar refractivity (Wildman–Crippen MR) is 77.5 cm³/mol. The summed E-state index contributed by atoms with van der Waals surface area (Å²) in [6, 6.07) is 3.55. The summed E-state index contributed by atoms with van der Waals surface area (Å²) in [6.45, 7) is 0.665. The third-order valence-electron chi connectivity index (χ3n) is 3.75. The van der Waals surface area contributed by atoms with Crippen LogP contribution < -0.4 is 5.32 Å². The van der Waals surface area contributed by atoms with Crippen LogP contribution in [-0.4, -0.2) is 54.5 Å². The van der Waals surface area contributed by atoms with E-state index in [2.05, 4.69) is 10.3 Å². The van der Waals surface area contributed by atoms with Gasteiger partial charge in [0.15, 0.2) is 0 Å². The van der Waals surface area contributed by atoms with Crippen LogP contribution in [0, 0.1) is 0 Å². The third kappa shape index (κ3) is 4.26. The molecule has 114 valence electrons. The number of esters is 1. The van der Waals surface area contributed by atoms with Crippen LogP contribution in [-0.2, 0) is 20.7 Å². The molecular weight excluding hydrogens is 270 g/mol. The van der Waals surface area contributed by atoms with Crippen LogP contribution >= 0.6 is 0 Å². The molecule has 21 heavy (non-hydrogen) atoms. The molecule has 0 spiro atoms. The normalized spacial score (nSPS) is 22.0. The lowest BCUT2D eigenvalue weighted by molar-refractivity contribution is -0.145. The fraction of sp³-hybridized carbons (Fsp3) is 0.533. The standard InChI is InChI=1S/C15H21N3O3/c1-18-10-12(8-13(18)15(20)21-2)17-14(19)6-5-11-4-3-7-16-9-11/h3-4,7,9,12-13H,5-6,8,10H2,1-2H3,(H,17,19)/t12-,13+/m1/s1. The number of hydrogen-bond donors (Lipinski definition) is 1. The molecule has 6 nitrogen and oxygen atoms in total. The molecule has 6 heteroatoms. The van der Waals surface area contributed by atoms with Crippen molar-refractivity contribution in [2.45, 2.75) is 31.3 Å². The second kappa shape index (κ2) is 7.17. The van der Waals surface area contributed by atoms with Gasteiger partial charge in [-0.25, -0.2) is 0 Å². The van der Waals surface area contributed by atoms with Gasteiger partial charge in [0.1, 0.15) is 6.04 Å². The van der Waals surface area contributed by atoms with Crippen LogP contribution in [0.2, 0.25) is 0 Å². The van der Waals surface area contributed by atoms with Crippen LogP contribution in [0.1, 0.15) is 18.4 Å². The molecule has 0 saturated carbocycles. The number of likely N-dealkylation sites (N-methyl/N-ethyl adjacent to an activating group) is 1. The SMILES string of the molecule is COC(=O)[C@@H]1C[C@@H](NC(=O)CCc2cccnc2)CN1C.